The summed E-state index contributed by atoms with van der Waals surface area (Å²) in [6.45, 7) is 2.80. The highest BCUT2D eigenvalue weighted by atomic mass is 32.1. The highest BCUT2D eigenvalue weighted by Crippen LogP contribution is 2.38. The first-order valence-corrected chi connectivity index (χ1v) is 14.8. The number of benzene rings is 3. The van der Waals surface area contributed by atoms with Crippen molar-refractivity contribution in [3.05, 3.63) is 83.2 Å². The number of fused-ring (bicyclic) bond motifs is 1. The Kier molecular flexibility index (Phi) is 9.61. The maximum Gasteiger partial charge on any atom is 0.267 e. The minimum atomic E-state index is -0.621. The summed E-state index contributed by atoms with van der Waals surface area (Å²) < 4.78 is 12.2. The van der Waals surface area contributed by atoms with Gasteiger partial charge in [-0.2, -0.15) is 0 Å². The fourth-order valence-corrected chi connectivity index (χ4v) is 6.17. The van der Waals surface area contributed by atoms with Crippen molar-refractivity contribution in [3.8, 4) is 17.2 Å². The van der Waals surface area contributed by atoms with Gasteiger partial charge in [0.15, 0.2) is 0 Å². The van der Waals surface area contributed by atoms with Crippen LogP contribution in [-0.4, -0.2) is 73.1 Å². The predicted octanol–water partition coefficient (Wildman–Crippen LogP) is 4.90. The van der Waals surface area contributed by atoms with Crippen LogP contribution in [-0.2, 0) is 6.42 Å². The molecule has 4 N–H and O–H groups in total. The number of anilines is 1. The van der Waals surface area contributed by atoms with Gasteiger partial charge in [0, 0.05) is 41.4 Å². The average Bonchev–Trinajstić information content (AvgIpc) is 3.38. The molecule has 0 saturated carbocycles. The molecule has 1 saturated heterocycles. The highest BCUT2D eigenvalue weighted by molar-refractivity contribution is 7.21. The molecule has 8 nitrogen and oxygen atoms in total. The van der Waals surface area contributed by atoms with E-state index in [9.17, 15) is 15.0 Å². The fourth-order valence-electron chi connectivity index (χ4n) is 5.03. The number of likely N-dealkylation sites (tertiary alicyclic amines) is 1. The van der Waals surface area contributed by atoms with Gasteiger partial charge in [-0.05, 0) is 79.9 Å². The largest absolute Gasteiger partial charge is 0.508 e. The first-order chi connectivity index (χ1) is 20.0. The molecule has 0 spiro atoms. The lowest BCUT2D eigenvalue weighted by atomic mass is 10.0. The second-order valence-corrected chi connectivity index (χ2v) is 11.3. The van der Waals surface area contributed by atoms with Crippen LogP contribution < -0.4 is 20.1 Å². The Bertz CT molecular complexity index is 1420. The predicted molar refractivity (Wildman–Crippen MR) is 164 cm³/mol. The highest BCUT2D eigenvalue weighted by Gasteiger charge is 2.28. The number of hydrogen-bond donors (Lipinski definition) is 4. The van der Waals surface area contributed by atoms with Crippen molar-refractivity contribution in [2.75, 3.05) is 45.2 Å². The van der Waals surface area contributed by atoms with Gasteiger partial charge in [0.25, 0.3) is 5.91 Å². The van der Waals surface area contributed by atoms with E-state index in [0.717, 1.165) is 41.6 Å². The Morgan fingerprint density at radius 1 is 1.05 bits per heavy atom. The van der Waals surface area contributed by atoms with Crippen LogP contribution >= 0.6 is 11.3 Å². The lowest BCUT2D eigenvalue weighted by Crippen LogP contribution is -2.42. The third-order valence-electron chi connectivity index (χ3n) is 7.30. The van der Waals surface area contributed by atoms with Crippen LogP contribution in [0.5, 0.6) is 17.2 Å². The fraction of sp³-hybridized carbons (Fsp3) is 0.344. The number of carbonyl (C=O) groups is 1. The van der Waals surface area contributed by atoms with E-state index >= 15 is 0 Å². The minimum Gasteiger partial charge on any atom is -0.508 e. The number of nitrogens with zero attached hydrogens (tertiary/aromatic N) is 1. The van der Waals surface area contributed by atoms with E-state index in [0.29, 0.717) is 42.1 Å². The van der Waals surface area contributed by atoms with Gasteiger partial charge >= 0.3 is 0 Å². The van der Waals surface area contributed by atoms with E-state index in [-0.39, 0.29) is 18.3 Å². The molecule has 0 bridgehead atoms. The monoisotopic (exact) mass is 575 g/mol. The molecule has 0 radical (unpaired) electrons. The van der Waals surface area contributed by atoms with Gasteiger partial charge in [-0.15, -0.1) is 11.3 Å². The molecule has 0 aliphatic carbocycles. The average molecular weight is 576 g/mol. The van der Waals surface area contributed by atoms with Crippen molar-refractivity contribution in [1.82, 2.24) is 10.2 Å². The molecule has 4 aromatic rings. The van der Waals surface area contributed by atoms with Gasteiger partial charge < -0.3 is 35.2 Å². The second-order valence-electron chi connectivity index (χ2n) is 10.3. The maximum atomic E-state index is 13.3. The Balaban J connectivity index is 1.01. The van der Waals surface area contributed by atoms with Crippen LogP contribution in [0.1, 0.15) is 28.1 Å². The van der Waals surface area contributed by atoms with Crippen LogP contribution in [0.2, 0.25) is 0 Å². The number of aromatic hydroxyl groups is 1. The lowest BCUT2D eigenvalue weighted by Gasteiger charge is -2.32. The molecule has 1 aromatic heterocycles. The SMILES string of the molecule is COc1c(C(=O)N2CCC(Nc3ccc(CCNCC(O)COc4ccc(O)cc4)cc3)CC2)sc2ccccc12. The number of phenolic OH excluding ortho intramolecular Hbond substituents is 1. The molecule has 1 amide bonds. The number of aliphatic hydroxyl groups is 1. The topological polar surface area (TPSA) is 103 Å². The molecule has 9 heteroatoms. The molecule has 1 aliphatic rings. The standard InChI is InChI=1S/C32H37N3O5S/c1-39-30-28-4-2-3-5-29(28)41-31(30)32(38)35-18-15-24(16-19-35)34-23-8-6-22(7-9-23)14-17-33-20-26(37)21-40-27-12-10-25(36)11-13-27/h2-13,24,26,33-34,36-37H,14-21H2,1H3. The summed E-state index contributed by atoms with van der Waals surface area (Å²) in [7, 11) is 1.63. The van der Waals surface area contributed by atoms with Crippen LogP contribution in [0, 0.1) is 0 Å². The van der Waals surface area contributed by atoms with Crippen molar-refractivity contribution >= 4 is 33.0 Å². The van der Waals surface area contributed by atoms with E-state index in [4.69, 9.17) is 9.47 Å². The molecule has 3 aromatic carbocycles. The number of amides is 1. The molecule has 1 fully saturated rings. The molecule has 5 rings (SSSR count). The lowest BCUT2D eigenvalue weighted by molar-refractivity contribution is 0.0720. The summed E-state index contributed by atoms with van der Waals surface area (Å²) in [6, 6.07) is 23.2. The number of phenols is 1. The Morgan fingerprint density at radius 2 is 1.78 bits per heavy atom. The van der Waals surface area contributed by atoms with Crippen molar-refractivity contribution in [1.29, 1.82) is 0 Å². The maximum absolute atomic E-state index is 13.3. The number of hydrogen-bond acceptors (Lipinski definition) is 8. The van der Waals surface area contributed by atoms with Crippen LogP contribution in [0.25, 0.3) is 10.1 Å². The van der Waals surface area contributed by atoms with Crippen LogP contribution in [0.4, 0.5) is 5.69 Å². The zero-order chi connectivity index (χ0) is 28.6. The van der Waals surface area contributed by atoms with Crippen molar-refractivity contribution < 1.29 is 24.5 Å². The van der Waals surface area contributed by atoms with Gasteiger partial charge in [0.1, 0.15) is 34.8 Å². The third kappa shape index (κ3) is 7.49. The van der Waals surface area contributed by atoms with E-state index in [1.165, 1.54) is 16.9 Å². The first-order valence-electron chi connectivity index (χ1n) is 14.0. The molecule has 41 heavy (non-hydrogen) atoms. The van der Waals surface area contributed by atoms with Gasteiger partial charge in [-0.25, -0.2) is 0 Å². The van der Waals surface area contributed by atoms with E-state index in [1.807, 2.05) is 29.2 Å². The zero-order valence-electron chi connectivity index (χ0n) is 23.2. The molecular weight excluding hydrogens is 538 g/mol. The molecule has 216 valence electrons. The van der Waals surface area contributed by atoms with E-state index in [1.54, 1.807) is 31.4 Å². The van der Waals surface area contributed by atoms with Crippen molar-refractivity contribution in [2.24, 2.45) is 0 Å². The van der Waals surface area contributed by atoms with Gasteiger partial charge in [0.2, 0.25) is 0 Å². The normalized spacial score (nSPS) is 14.6. The van der Waals surface area contributed by atoms with Crippen molar-refractivity contribution in [3.63, 3.8) is 0 Å². The first kappa shape index (κ1) is 28.7. The summed E-state index contributed by atoms with van der Waals surface area (Å²) in [5, 5.41) is 27.4. The van der Waals surface area contributed by atoms with Crippen LogP contribution in [0.15, 0.2) is 72.8 Å². The summed E-state index contributed by atoms with van der Waals surface area (Å²) in [5.41, 5.74) is 2.30. The number of thiophene rings is 1. The number of nitrogens with one attached hydrogen (secondary N) is 2. The zero-order valence-corrected chi connectivity index (χ0v) is 24.0. The summed E-state index contributed by atoms with van der Waals surface area (Å²) >= 11 is 1.50. The Labute approximate surface area is 244 Å². The minimum absolute atomic E-state index is 0.0526. The number of piperidine rings is 1. The molecular formula is C32H37N3O5S. The molecule has 1 aliphatic heterocycles. The Hall–Kier alpha value is -3.79. The smallest absolute Gasteiger partial charge is 0.267 e. The summed E-state index contributed by atoms with van der Waals surface area (Å²) in [5.74, 6) is 1.53. The number of carbonyl (C=O) groups excluding carboxylic acids is 1. The second kappa shape index (κ2) is 13.7. The Morgan fingerprint density at radius 3 is 2.51 bits per heavy atom. The number of rotatable bonds is 12. The summed E-state index contributed by atoms with van der Waals surface area (Å²) in [6.07, 6.45) is 2.02. The third-order valence-corrected chi connectivity index (χ3v) is 8.44. The van der Waals surface area contributed by atoms with Gasteiger partial charge in [-0.3, -0.25) is 4.79 Å². The molecule has 1 unspecified atom stereocenters. The van der Waals surface area contributed by atoms with Crippen molar-refractivity contribution in [2.45, 2.75) is 31.4 Å². The molecule has 2 heterocycles. The van der Waals surface area contributed by atoms with E-state index < -0.39 is 6.10 Å². The van der Waals surface area contributed by atoms with Gasteiger partial charge in [0.05, 0.1) is 7.11 Å². The quantitative estimate of drug-likeness (QED) is 0.178. The number of methoxy groups -OCH3 is 1. The van der Waals surface area contributed by atoms with Gasteiger partial charge in [-0.1, -0.05) is 24.3 Å². The molecule has 1 atom stereocenters. The number of ether oxygens (including phenoxy) is 2. The van der Waals surface area contributed by atoms with E-state index in [2.05, 4.69) is 34.9 Å². The number of aliphatic hydroxyl groups excluding tert-OH is 1. The van der Waals surface area contributed by atoms with Crippen LogP contribution in [0.3, 0.4) is 0 Å². The summed E-state index contributed by atoms with van der Waals surface area (Å²) in [4.78, 5) is 15.9.